The van der Waals surface area contributed by atoms with Crippen molar-refractivity contribution in [2.45, 2.75) is 45.7 Å². The number of hydrogen-bond donors (Lipinski definition) is 1. The van der Waals surface area contributed by atoms with E-state index in [-0.39, 0.29) is 12.1 Å². The van der Waals surface area contributed by atoms with Gasteiger partial charge in [-0.2, -0.15) is 0 Å². The Morgan fingerprint density at radius 1 is 1.43 bits per heavy atom. The number of nitrogens with zero attached hydrogens (tertiary/aromatic N) is 3. The van der Waals surface area contributed by atoms with E-state index in [0.717, 1.165) is 42.8 Å². The fraction of sp³-hybridized carbons (Fsp3) is 0.529. The van der Waals surface area contributed by atoms with Crippen molar-refractivity contribution in [3.63, 3.8) is 0 Å². The standard InChI is InChI=1S/C17H24N4O2/c1-12-14(13(2)23-19-12)11-18-17(22)21-10-5-4-7-16(21)15-8-6-9-20(15)3/h6,8-9,16H,4-5,7,10-11H2,1-3H3,(H,18,22)/t16-/m0/s1. The van der Waals surface area contributed by atoms with Gasteiger partial charge in [-0.3, -0.25) is 0 Å². The number of hydrogen-bond acceptors (Lipinski definition) is 3. The predicted molar refractivity (Wildman–Crippen MR) is 86.9 cm³/mol. The third kappa shape index (κ3) is 3.11. The summed E-state index contributed by atoms with van der Waals surface area (Å²) in [6.07, 6.45) is 5.25. The summed E-state index contributed by atoms with van der Waals surface area (Å²) in [5.41, 5.74) is 2.99. The van der Waals surface area contributed by atoms with E-state index in [2.05, 4.69) is 21.1 Å². The maximum Gasteiger partial charge on any atom is 0.318 e. The highest BCUT2D eigenvalue weighted by Crippen LogP contribution is 2.30. The molecule has 1 N–H and O–H groups in total. The molecule has 0 aromatic carbocycles. The third-order valence-corrected chi connectivity index (χ3v) is 4.69. The lowest BCUT2D eigenvalue weighted by Gasteiger charge is -2.36. The number of rotatable bonds is 3. The summed E-state index contributed by atoms with van der Waals surface area (Å²) < 4.78 is 7.25. The second kappa shape index (κ2) is 6.48. The Morgan fingerprint density at radius 2 is 2.26 bits per heavy atom. The summed E-state index contributed by atoms with van der Waals surface area (Å²) in [5, 5.41) is 6.96. The minimum atomic E-state index is -0.0177. The van der Waals surface area contributed by atoms with Gasteiger partial charge in [0, 0.05) is 37.6 Å². The van der Waals surface area contributed by atoms with Crippen LogP contribution in [0, 0.1) is 13.8 Å². The highest BCUT2D eigenvalue weighted by Gasteiger charge is 2.29. The maximum absolute atomic E-state index is 12.7. The second-order valence-corrected chi connectivity index (χ2v) is 6.21. The van der Waals surface area contributed by atoms with Crippen LogP contribution in [0.2, 0.25) is 0 Å². The van der Waals surface area contributed by atoms with Crippen molar-refractivity contribution in [3.8, 4) is 0 Å². The zero-order chi connectivity index (χ0) is 16.4. The minimum Gasteiger partial charge on any atom is -0.361 e. The average Bonchev–Trinajstić information content (AvgIpc) is 3.11. The van der Waals surface area contributed by atoms with Gasteiger partial charge in [-0.25, -0.2) is 4.79 Å². The van der Waals surface area contributed by atoms with Gasteiger partial charge >= 0.3 is 6.03 Å². The lowest BCUT2D eigenvalue weighted by Crippen LogP contribution is -2.44. The number of aromatic nitrogens is 2. The van der Waals surface area contributed by atoms with Gasteiger partial charge in [0.25, 0.3) is 0 Å². The summed E-state index contributed by atoms with van der Waals surface area (Å²) in [4.78, 5) is 14.6. The number of carbonyl (C=O) groups excluding carboxylic acids is 1. The number of amides is 2. The van der Waals surface area contributed by atoms with Crippen LogP contribution in [-0.2, 0) is 13.6 Å². The van der Waals surface area contributed by atoms with Gasteiger partial charge in [-0.05, 0) is 45.2 Å². The Morgan fingerprint density at radius 3 is 2.91 bits per heavy atom. The van der Waals surface area contributed by atoms with Crippen LogP contribution in [0.15, 0.2) is 22.9 Å². The van der Waals surface area contributed by atoms with Crippen LogP contribution in [0.4, 0.5) is 4.79 Å². The van der Waals surface area contributed by atoms with E-state index in [9.17, 15) is 4.79 Å². The quantitative estimate of drug-likeness (QED) is 0.946. The maximum atomic E-state index is 12.7. The van der Waals surface area contributed by atoms with Crippen molar-refractivity contribution in [2.24, 2.45) is 7.05 Å². The number of aryl methyl sites for hydroxylation is 3. The largest absolute Gasteiger partial charge is 0.361 e. The van der Waals surface area contributed by atoms with Gasteiger partial charge in [0.1, 0.15) is 5.76 Å². The summed E-state index contributed by atoms with van der Waals surface area (Å²) in [6, 6.07) is 4.26. The van der Waals surface area contributed by atoms with Crippen molar-refractivity contribution in [3.05, 3.63) is 41.0 Å². The molecular formula is C17H24N4O2. The van der Waals surface area contributed by atoms with Gasteiger partial charge in [-0.1, -0.05) is 5.16 Å². The molecule has 6 heteroatoms. The number of urea groups is 1. The SMILES string of the molecule is Cc1noc(C)c1CNC(=O)N1CCCC[C@H]1c1cccn1C. The van der Waals surface area contributed by atoms with Crippen LogP contribution in [0.5, 0.6) is 0 Å². The molecule has 0 radical (unpaired) electrons. The summed E-state index contributed by atoms with van der Waals surface area (Å²) in [6.45, 7) is 5.01. The Labute approximate surface area is 136 Å². The zero-order valence-corrected chi connectivity index (χ0v) is 14.0. The molecule has 124 valence electrons. The molecule has 0 aliphatic carbocycles. The van der Waals surface area contributed by atoms with Crippen LogP contribution in [-0.4, -0.2) is 27.2 Å². The number of likely N-dealkylation sites (tertiary alicyclic amines) is 1. The highest BCUT2D eigenvalue weighted by molar-refractivity contribution is 5.75. The Hall–Kier alpha value is -2.24. The summed E-state index contributed by atoms with van der Waals surface area (Å²) >= 11 is 0. The van der Waals surface area contributed by atoms with Crippen molar-refractivity contribution in [1.82, 2.24) is 19.9 Å². The molecule has 3 heterocycles. The summed E-state index contributed by atoms with van der Waals surface area (Å²) in [5.74, 6) is 0.764. The molecule has 3 rings (SSSR count). The second-order valence-electron chi connectivity index (χ2n) is 6.21. The van der Waals surface area contributed by atoms with E-state index in [1.54, 1.807) is 0 Å². The van der Waals surface area contributed by atoms with Crippen LogP contribution in [0.1, 0.15) is 48.0 Å². The van der Waals surface area contributed by atoms with E-state index in [1.165, 1.54) is 5.69 Å². The molecule has 0 saturated carbocycles. The first-order valence-electron chi connectivity index (χ1n) is 8.15. The van der Waals surface area contributed by atoms with E-state index in [4.69, 9.17) is 4.52 Å². The molecule has 1 saturated heterocycles. The predicted octanol–water partition coefficient (Wildman–Crippen LogP) is 3.07. The van der Waals surface area contributed by atoms with Crippen LogP contribution < -0.4 is 5.32 Å². The van der Waals surface area contributed by atoms with Crippen molar-refractivity contribution in [1.29, 1.82) is 0 Å². The summed E-state index contributed by atoms with van der Waals surface area (Å²) in [7, 11) is 2.03. The molecular weight excluding hydrogens is 292 g/mol. The fourth-order valence-electron chi connectivity index (χ4n) is 3.32. The monoisotopic (exact) mass is 316 g/mol. The molecule has 1 aliphatic heterocycles. The van der Waals surface area contributed by atoms with Gasteiger partial charge in [0.15, 0.2) is 0 Å². The van der Waals surface area contributed by atoms with Crippen molar-refractivity contribution >= 4 is 6.03 Å². The van der Waals surface area contributed by atoms with E-state index >= 15 is 0 Å². The van der Waals surface area contributed by atoms with Crippen LogP contribution in [0.25, 0.3) is 0 Å². The average molecular weight is 316 g/mol. The number of carbonyl (C=O) groups is 1. The number of nitrogens with one attached hydrogen (secondary N) is 1. The van der Waals surface area contributed by atoms with E-state index in [0.29, 0.717) is 6.54 Å². The molecule has 0 unspecified atom stereocenters. The molecule has 23 heavy (non-hydrogen) atoms. The third-order valence-electron chi connectivity index (χ3n) is 4.69. The van der Waals surface area contributed by atoms with E-state index in [1.807, 2.05) is 38.1 Å². The molecule has 0 spiro atoms. The van der Waals surface area contributed by atoms with Gasteiger partial charge in [0.05, 0.1) is 11.7 Å². The van der Waals surface area contributed by atoms with Crippen molar-refractivity contribution in [2.75, 3.05) is 6.54 Å². The lowest BCUT2D eigenvalue weighted by atomic mass is 9.99. The molecule has 1 fully saturated rings. The normalized spacial score (nSPS) is 18.2. The van der Waals surface area contributed by atoms with Crippen molar-refractivity contribution < 1.29 is 9.32 Å². The van der Waals surface area contributed by atoms with Crippen LogP contribution in [0.3, 0.4) is 0 Å². The first-order valence-corrected chi connectivity index (χ1v) is 8.15. The molecule has 2 aromatic heterocycles. The highest BCUT2D eigenvalue weighted by atomic mass is 16.5. The van der Waals surface area contributed by atoms with Gasteiger partial charge in [-0.15, -0.1) is 0 Å². The Bertz CT molecular complexity index is 669. The van der Waals surface area contributed by atoms with Gasteiger partial charge < -0.3 is 19.3 Å². The topological polar surface area (TPSA) is 63.3 Å². The first kappa shape index (κ1) is 15.6. The zero-order valence-electron chi connectivity index (χ0n) is 14.0. The lowest BCUT2D eigenvalue weighted by molar-refractivity contribution is 0.148. The Balaban J connectivity index is 1.71. The van der Waals surface area contributed by atoms with E-state index < -0.39 is 0 Å². The Kier molecular flexibility index (Phi) is 4.41. The molecule has 6 nitrogen and oxygen atoms in total. The molecule has 2 aromatic rings. The minimum absolute atomic E-state index is 0.0177. The number of piperidine rings is 1. The van der Waals surface area contributed by atoms with Gasteiger partial charge in [0.2, 0.25) is 0 Å². The molecule has 1 atom stereocenters. The first-order chi connectivity index (χ1) is 11.1. The van der Waals surface area contributed by atoms with Crippen LogP contribution >= 0.6 is 0 Å². The smallest absolute Gasteiger partial charge is 0.318 e. The molecule has 1 aliphatic rings. The molecule has 0 bridgehead atoms. The fourth-order valence-corrected chi connectivity index (χ4v) is 3.32. The molecule has 2 amide bonds.